The first-order valence-electron chi connectivity index (χ1n) is 9.75. The van der Waals surface area contributed by atoms with Crippen molar-refractivity contribution in [1.29, 1.82) is 5.26 Å². The van der Waals surface area contributed by atoms with Crippen LogP contribution in [0.15, 0.2) is 24.3 Å². The second-order valence-electron chi connectivity index (χ2n) is 9.64. The third-order valence-electron chi connectivity index (χ3n) is 5.97. The minimum absolute atomic E-state index is 0.118. The average Bonchev–Trinajstić information content (AvgIpc) is 2.92. The van der Waals surface area contributed by atoms with Crippen LogP contribution in [0, 0.1) is 16.7 Å². The highest BCUT2D eigenvalue weighted by Gasteiger charge is 2.69. The van der Waals surface area contributed by atoms with Gasteiger partial charge in [-0.1, -0.05) is 43.4 Å². The number of ether oxygens (including phenoxy) is 1. The number of nitrogens with one attached hydrogen (secondary N) is 1. The molecule has 0 saturated heterocycles. The molecule has 5 rings (SSSR count). The molecule has 0 spiro atoms. The predicted molar refractivity (Wildman–Crippen MR) is 113 cm³/mol. The molecule has 3 aliphatic carbocycles. The fraction of sp³-hybridized carbons (Fsp3) is 0.524. The molecule has 1 heterocycles. The van der Waals surface area contributed by atoms with Crippen LogP contribution in [-0.2, 0) is 11.5 Å². The van der Waals surface area contributed by atoms with E-state index >= 15 is 0 Å². The van der Waals surface area contributed by atoms with E-state index in [4.69, 9.17) is 16.3 Å². The highest BCUT2D eigenvalue weighted by atomic mass is 35.5. The van der Waals surface area contributed by atoms with Crippen molar-refractivity contribution in [3.05, 3.63) is 35.0 Å². The molecule has 1 N–H and O–H groups in total. The molecule has 5 nitrogen and oxygen atoms in total. The number of amides is 1. The van der Waals surface area contributed by atoms with Crippen LogP contribution in [0.4, 0.5) is 0 Å². The first-order chi connectivity index (χ1) is 13.2. The van der Waals surface area contributed by atoms with Gasteiger partial charge in [-0.15, -0.1) is 0 Å². The van der Waals surface area contributed by atoms with Gasteiger partial charge in [0.15, 0.2) is 0 Å². The first kappa shape index (κ1) is 19.5. The highest BCUT2D eigenvalue weighted by Crippen LogP contribution is 2.66. The summed E-state index contributed by atoms with van der Waals surface area (Å²) in [5.41, 5.74) is 1.00. The number of carbonyl (C=O) groups excluding carboxylic acids is 1. The number of nitrogens with zero attached hydrogens (tertiary/aromatic N) is 2. The number of para-hydroxylation sites is 1. The molecule has 0 atom stereocenters. The zero-order valence-electron chi connectivity index (χ0n) is 16.6. The molecule has 2 aromatic rings. The van der Waals surface area contributed by atoms with E-state index in [1.807, 2.05) is 28.8 Å². The molecule has 2 bridgehead atoms. The summed E-state index contributed by atoms with van der Waals surface area (Å²) in [4.78, 5) is 13.1. The number of benzene rings is 1. The Hall–Kier alpha value is -1.81. The molecule has 1 amide bonds. The Balaban J connectivity index is 1.54. The van der Waals surface area contributed by atoms with E-state index < -0.39 is 8.07 Å². The molecule has 3 aliphatic rings. The van der Waals surface area contributed by atoms with E-state index in [1.165, 1.54) is 0 Å². The van der Waals surface area contributed by atoms with Crippen molar-refractivity contribution in [2.75, 3.05) is 6.61 Å². The van der Waals surface area contributed by atoms with Crippen molar-refractivity contribution < 1.29 is 9.53 Å². The second kappa shape index (κ2) is 6.62. The minimum Gasteiger partial charge on any atom is -0.361 e. The van der Waals surface area contributed by atoms with Crippen LogP contribution in [0.5, 0.6) is 0 Å². The lowest BCUT2D eigenvalue weighted by Crippen LogP contribution is -2.74. The highest BCUT2D eigenvalue weighted by molar-refractivity contribution is 6.76. The largest absolute Gasteiger partial charge is 0.361 e. The molecule has 3 saturated carbocycles. The number of nitriles is 1. The number of hydrogen-bond donors (Lipinski definition) is 1. The van der Waals surface area contributed by atoms with Crippen LogP contribution in [-0.4, -0.2) is 30.7 Å². The van der Waals surface area contributed by atoms with Gasteiger partial charge >= 0.3 is 0 Å². The standard InChI is InChI=1S/C21H26ClN3O2Si/c1-28(2,3)8-7-27-14-25-17(9-15-5-4-6-16(22)18(15)25)19(26)24-21-10-20(11-21,12-21)13-23/h4-6,9H,7-8,10-12,14H2,1-3H3,(H,24,26). The van der Waals surface area contributed by atoms with Gasteiger partial charge in [-0.25, -0.2) is 0 Å². The van der Waals surface area contributed by atoms with Crippen LogP contribution in [0.1, 0.15) is 29.8 Å². The maximum atomic E-state index is 13.1. The second-order valence-corrected chi connectivity index (χ2v) is 15.7. The Kier molecular flexibility index (Phi) is 4.61. The average molecular weight is 416 g/mol. The summed E-state index contributed by atoms with van der Waals surface area (Å²) in [6.45, 7) is 7.92. The van der Waals surface area contributed by atoms with Crippen molar-refractivity contribution in [1.82, 2.24) is 9.88 Å². The molecular formula is C21H26ClN3O2Si. The van der Waals surface area contributed by atoms with Crippen LogP contribution >= 0.6 is 11.6 Å². The molecule has 148 valence electrons. The lowest BCUT2D eigenvalue weighted by Gasteiger charge is -2.66. The van der Waals surface area contributed by atoms with E-state index in [0.717, 1.165) is 36.2 Å². The van der Waals surface area contributed by atoms with Gasteiger partial charge in [0.25, 0.3) is 5.91 Å². The molecule has 1 aromatic carbocycles. The summed E-state index contributed by atoms with van der Waals surface area (Å²) in [5, 5.41) is 13.9. The third kappa shape index (κ3) is 3.36. The van der Waals surface area contributed by atoms with Crippen LogP contribution in [0.2, 0.25) is 30.7 Å². The summed E-state index contributed by atoms with van der Waals surface area (Å²) >= 11 is 6.44. The molecule has 0 aliphatic heterocycles. The molecular weight excluding hydrogens is 390 g/mol. The first-order valence-corrected chi connectivity index (χ1v) is 13.8. The van der Waals surface area contributed by atoms with Crippen molar-refractivity contribution in [3.8, 4) is 6.07 Å². The van der Waals surface area contributed by atoms with E-state index in [0.29, 0.717) is 24.1 Å². The van der Waals surface area contributed by atoms with Gasteiger partial charge in [0.05, 0.1) is 22.0 Å². The number of fused-ring (bicyclic) bond motifs is 1. The van der Waals surface area contributed by atoms with Crippen molar-refractivity contribution in [2.45, 2.75) is 57.2 Å². The lowest BCUT2D eigenvalue weighted by atomic mass is 9.40. The van der Waals surface area contributed by atoms with Gasteiger partial charge in [0.1, 0.15) is 12.4 Å². The normalized spacial score (nSPS) is 25.7. The lowest BCUT2D eigenvalue weighted by molar-refractivity contribution is -0.103. The molecule has 28 heavy (non-hydrogen) atoms. The summed E-state index contributed by atoms with van der Waals surface area (Å²) in [6.07, 6.45) is 2.28. The van der Waals surface area contributed by atoms with E-state index in [2.05, 4.69) is 31.0 Å². The Labute approximate surface area is 171 Å². The molecule has 0 radical (unpaired) electrons. The van der Waals surface area contributed by atoms with Gasteiger partial charge in [-0.2, -0.15) is 5.26 Å². The third-order valence-corrected chi connectivity index (χ3v) is 7.98. The topological polar surface area (TPSA) is 67.0 Å². The zero-order valence-corrected chi connectivity index (χ0v) is 18.4. The fourth-order valence-electron chi connectivity index (χ4n) is 4.48. The summed E-state index contributed by atoms with van der Waals surface area (Å²) in [7, 11) is -1.18. The number of carbonyl (C=O) groups is 1. The van der Waals surface area contributed by atoms with Gasteiger partial charge in [-0.3, -0.25) is 4.79 Å². The van der Waals surface area contributed by atoms with Crippen molar-refractivity contribution >= 4 is 36.5 Å². The number of rotatable bonds is 7. The number of halogens is 1. The molecule has 0 unspecified atom stereocenters. The molecule has 7 heteroatoms. The zero-order chi connectivity index (χ0) is 20.2. The van der Waals surface area contributed by atoms with E-state index in [1.54, 1.807) is 0 Å². The monoisotopic (exact) mass is 415 g/mol. The maximum absolute atomic E-state index is 13.1. The Morgan fingerprint density at radius 2 is 2.07 bits per heavy atom. The Morgan fingerprint density at radius 3 is 2.71 bits per heavy atom. The van der Waals surface area contributed by atoms with Crippen molar-refractivity contribution in [3.63, 3.8) is 0 Å². The smallest absolute Gasteiger partial charge is 0.268 e. The maximum Gasteiger partial charge on any atom is 0.268 e. The van der Waals surface area contributed by atoms with Gasteiger partial charge in [0.2, 0.25) is 0 Å². The quantitative estimate of drug-likeness (QED) is 0.522. The van der Waals surface area contributed by atoms with Crippen LogP contribution < -0.4 is 5.32 Å². The van der Waals surface area contributed by atoms with Crippen LogP contribution in [0.3, 0.4) is 0 Å². The Bertz CT molecular complexity index is 966. The summed E-state index contributed by atoms with van der Waals surface area (Å²) in [6, 6.07) is 11.0. The number of hydrogen-bond acceptors (Lipinski definition) is 3. The Morgan fingerprint density at radius 1 is 1.36 bits per heavy atom. The summed E-state index contributed by atoms with van der Waals surface area (Å²) < 4.78 is 7.82. The number of aromatic nitrogens is 1. The van der Waals surface area contributed by atoms with Crippen LogP contribution in [0.25, 0.3) is 10.9 Å². The summed E-state index contributed by atoms with van der Waals surface area (Å²) in [5.74, 6) is -0.118. The van der Waals surface area contributed by atoms with Gasteiger partial charge in [-0.05, 0) is 37.4 Å². The van der Waals surface area contributed by atoms with E-state index in [-0.39, 0.29) is 16.9 Å². The molecule has 1 aromatic heterocycles. The predicted octanol–water partition coefficient (Wildman–Crippen LogP) is 4.78. The van der Waals surface area contributed by atoms with Crippen molar-refractivity contribution in [2.24, 2.45) is 5.41 Å². The SMILES string of the molecule is C[Si](C)(C)CCOCn1c(C(=O)NC23CC(C#N)(C2)C3)cc2cccc(Cl)c21. The van der Waals surface area contributed by atoms with Gasteiger partial charge in [0, 0.05) is 25.6 Å². The fourth-order valence-corrected chi connectivity index (χ4v) is 5.52. The molecule has 3 fully saturated rings. The van der Waals surface area contributed by atoms with Gasteiger partial charge < -0.3 is 14.6 Å². The van der Waals surface area contributed by atoms with E-state index in [9.17, 15) is 10.1 Å². The minimum atomic E-state index is -1.18.